The second-order valence-corrected chi connectivity index (χ2v) is 3.69. The molecule has 0 aromatic heterocycles. The monoisotopic (exact) mass is 237 g/mol. The average Bonchev–Trinajstić information content (AvgIpc) is 2.39. The highest BCUT2D eigenvalue weighted by Gasteiger charge is 2.07. The molecule has 0 unspecified atom stereocenters. The SMILES string of the molecule is COC(CNC(=O)CCc1ccccc1)OC. The van der Waals surface area contributed by atoms with Gasteiger partial charge in [-0.05, 0) is 12.0 Å². The number of amides is 1. The molecule has 0 fully saturated rings. The van der Waals surface area contributed by atoms with E-state index in [9.17, 15) is 4.79 Å². The maximum absolute atomic E-state index is 11.5. The molecule has 0 aliphatic heterocycles. The minimum absolute atomic E-state index is 0.00736. The van der Waals surface area contributed by atoms with E-state index in [4.69, 9.17) is 9.47 Å². The van der Waals surface area contributed by atoms with Crippen LogP contribution in [-0.2, 0) is 20.7 Å². The number of hydrogen-bond donors (Lipinski definition) is 1. The maximum Gasteiger partial charge on any atom is 0.220 e. The first kappa shape index (κ1) is 13.7. The zero-order chi connectivity index (χ0) is 12.5. The highest BCUT2D eigenvalue weighted by atomic mass is 16.7. The van der Waals surface area contributed by atoms with Crippen LogP contribution >= 0.6 is 0 Å². The highest BCUT2D eigenvalue weighted by Crippen LogP contribution is 2.02. The smallest absolute Gasteiger partial charge is 0.220 e. The molecule has 0 saturated heterocycles. The Balaban J connectivity index is 2.22. The summed E-state index contributed by atoms with van der Waals surface area (Å²) in [5.41, 5.74) is 1.16. The first-order valence-corrected chi connectivity index (χ1v) is 5.62. The van der Waals surface area contributed by atoms with Crippen molar-refractivity contribution in [2.75, 3.05) is 20.8 Å². The van der Waals surface area contributed by atoms with Crippen LogP contribution in [0.15, 0.2) is 30.3 Å². The van der Waals surface area contributed by atoms with Gasteiger partial charge in [0.15, 0.2) is 6.29 Å². The molecule has 0 atom stereocenters. The Hall–Kier alpha value is -1.39. The van der Waals surface area contributed by atoms with E-state index in [1.54, 1.807) is 14.2 Å². The fourth-order valence-corrected chi connectivity index (χ4v) is 1.45. The number of methoxy groups -OCH3 is 2. The molecular weight excluding hydrogens is 218 g/mol. The van der Waals surface area contributed by atoms with Crippen molar-refractivity contribution in [3.8, 4) is 0 Å². The molecule has 1 rings (SSSR count). The second-order valence-electron chi connectivity index (χ2n) is 3.69. The molecule has 0 radical (unpaired) electrons. The Bertz CT molecular complexity index is 323. The Morgan fingerprint density at radius 3 is 2.47 bits per heavy atom. The van der Waals surface area contributed by atoms with Crippen molar-refractivity contribution >= 4 is 5.91 Å². The standard InChI is InChI=1S/C13H19NO3/c1-16-13(17-2)10-14-12(15)9-8-11-6-4-3-5-7-11/h3-7,13H,8-10H2,1-2H3,(H,14,15). The fraction of sp³-hybridized carbons (Fsp3) is 0.462. The van der Waals surface area contributed by atoms with Crippen molar-refractivity contribution in [1.82, 2.24) is 5.32 Å². The minimum Gasteiger partial charge on any atom is -0.354 e. The highest BCUT2D eigenvalue weighted by molar-refractivity contribution is 5.76. The van der Waals surface area contributed by atoms with E-state index in [-0.39, 0.29) is 12.2 Å². The Labute approximate surface area is 102 Å². The number of hydrogen-bond acceptors (Lipinski definition) is 3. The fourth-order valence-electron chi connectivity index (χ4n) is 1.45. The number of benzene rings is 1. The lowest BCUT2D eigenvalue weighted by atomic mass is 10.1. The molecule has 4 nitrogen and oxygen atoms in total. The molecule has 17 heavy (non-hydrogen) atoms. The van der Waals surface area contributed by atoms with E-state index < -0.39 is 0 Å². The Kier molecular flexibility index (Phi) is 6.29. The van der Waals surface area contributed by atoms with Gasteiger partial charge in [0.05, 0.1) is 6.54 Å². The molecule has 1 aromatic rings. The van der Waals surface area contributed by atoms with Gasteiger partial charge in [0.25, 0.3) is 0 Å². The van der Waals surface area contributed by atoms with Crippen LogP contribution in [0.1, 0.15) is 12.0 Å². The third-order valence-electron chi connectivity index (χ3n) is 2.48. The summed E-state index contributed by atoms with van der Waals surface area (Å²) < 4.78 is 9.95. The molecule has 0 spiro atoms. The lowest BCUT2D eigenvalue weighted by Gasteiger charge is -2.13. The van der Waals surface area contributed by atoms with Gasteiger partial charge in [0.1, 0.15) is 0 Å². The predicted octanol–water partition coefficient (Wildman–Crippen LogP) is 1.35. The second kappa shape index (κ2) is 7.81. The molecule has 0 aliphatic carbocycles. The van der Waals surface area contributed by atoms with Crippen molar-refractivity contribution in [1.29, 1.82) is 0 Å². The normalized spacial score (nSPS) is 10.5. The Morgan fingerprint density at radius 1 is 1.24 bits per heavy atom. The number of carbonyl (C=O) groups is 1. The van der Waals surface area contributed by atoms with Gasteiger partial charge >= 0.3 is 0 Å². The van der Waals surface area contributed by atoms with E-state index in [1.165, 1.54) is 0 Å². The quantitative estimate of drug-likeness (QED) is 0.728. The van der Waals surface area contributed by atoms with Gasteiger partial charge in [-0.15, -0.1) is 0 Å². The first-order valence-electron chi connectivity index (χ1n) is 5.62. The van der Waals surface area contributed by atoms with E-state index in [0.29, 0.717) is 13.0 Å². The van der Waals surface area contributed by atoms with Crippen molar-refractivity contribution in [2.45, 2.75) is 19.1 Å². The van der Waals surface area contributed by atoms with Crippen LogP contribution in [0.25, 0.3) is 0 Å². The van der Waals surface area contributed by atoms with Gasteiger partial charge in [0, 0.05) is 20.6 Å². The van der Waals surface area contributed by atoms with Crippen LogP contribution in [0.4, 0.5) is 0 Å². The summed E-state index contributed by atoms with van der Waals surface area (Å²) >= 11 is 0. The van der Waals surface area contributed by atoms with E-state index in [1.807, 2.05) is 30.3 Å². The molecule has 1 aromatic carbocycles. The summed E-state index contributed by atoms with van der Waals surface area (Å²) in [6, 6.07) is 9.93. The number of ether oxygens (including phenoxy) is 2. The van der Waals surface area contributed by atoms with Crippen LogP contribution in [0, 0.1) is 0 Å². The molecule has 94 valence electrons. The summed E-state index contributed by atoms with van der Waals surface area (Å²) in [6.07, 6.45) is 0.845. The first-order chi connectivity index (χ1) is 8.26. The van der Waals surface area contributed by atoms with Crippen LogP contribution < -0.4 is 5.32 Å². The number of nitrogens with one attached hydrogen (secondary N) is 1. The third kappa shape index (κ3) is 5.47. The lowest BCUT2D eigenvalue weighted by Crippen LogP contribution is -2.34. The van der Waals surface area contributed by atoms with Crippen LogP contribution in [0.2, 0.25) is 0 Å². The molecule has 0 saturated carbocycles. The topological polar surface area (TPSA) is 47.6 Å². The zero-order valence-corrected chi connectivity index (χ0v) is 10.3. The Morgan fingerprint density at radius 2 is 1.88 bits per heavy atom. The lowest BCUT2D eigenvalue weighted by molar-refractivity contribution is -0.127. The molecular formula is C13H19NO3. The average molecular weight is 237 g/mol. The summed E-state index contributed by atoms with van der Waals surface area (Å²) in [7, 11) is 3.09. The molecule has 0 heterocycles. The summed E-state index contributed by atoms with van der Waals surface area (Å²) in [5, 5.41) is 2.77. The van der Waals surface area contributed by atoms with Crippen molar-refractivity contribution in [2.24, 2.45) is 0 Å². The van der Waals surface area contributed by atoms with Gasteiger partial charge < -0.3 is 14.8 Å². The number of rotatable bonds is 7. The van der Waals surface area contributed by atoms with Crippen LogP contribution in [0.3, 0.4) is 0 Å². The van der Waals surface area contributed by atoms with E-state index >= 15 is 0 Å². The summed E-state index contributed by atoms with van der Waals surface area (Å²) in [6.45, 7) is 0.376. The largest absolute Gasteiger partial charge is 0.354 e. The van der Waals surface area contributed by atoms with Gasteiger partial charge in [-0.25, -0.2) is 0 Å². The van der Waals surface area contributed by atoms with Crippen molar-refractivity contribution in [3.63, 3.8) is 0 Å². The molecule has 1 N–H and O–H groups in total. The van der Waals surface area contributed by atoms with Gasteiger partial charge in [-0.1, -0.05) is 30.3 Å². The molecule has 0 aliphatic rings. The van der Waals surface area contributed by atoms with Gasteiger partial charge in [-0.3, -0.25) is 4.79 Å². The molecule has 4 heteroatoms. The minimum atomic E-state index is -0.379. The number of carbonyl (C=O) groups excluding carboxylic acids is 1. The zero-order valence-electron chi connectivity index (χ0n) is 10.3. The summed E-state index contributed by atoms with van der Waals surface area (Å²) in [4.78, 5) is 11.5. The van der Waals surface area contributed by atoms with Crippen LogP contribution in [0.5, 0.6) is 0 Å². The predicted molar refractivity (Wildman–Crippen MR) is 65.6 cm³/mol. The van der Waals surface area contributed by atoms with Gasteiger partial charge in [-0.2, -0.15) is 0 Å². The van der Waals surface area contributed by atoms with Crippen molar-refractivity contribution in [3.05, 3.63) is 35.9 Å². The van der Waals surface area contributed by atoms with E-state index in [2.05, 4.69) is 5.32 Å². The van der Waals surface area contributed by atoms with Crippen molar-refractivity contribution < 1.29 is 14.3 Å². The third-order valence-corrected chi connectivity index (χ3v) is 2.48. The van der Waals surface area contributed by atoms with E-state index in [0.717, 1.165) is 12.0 Å². The molecule has 0 bridgehead atoms. The molecule has 1 amide bonds. The number of aryl methyl sites for hydroxylation is 1. The maximum atomic E-state index is 11.5. The van der Waals surface area contributed by atoms with Crippen LogP contribution in [-0.4, -0.2) is 33.0 Å². The van der Waals surface area contributed by atoms with Gasteiger partial charge in [0.2, 0.25) is 5.91 Å². The summed E-state index contributed by atoms with van der Waals surface area (Å²) in [5.74, 6) is 0.00736.